The number of hydrogen-bond donors (Lipinski definition) is 1. The van der Waals surface area contributed by atoms with E-state index in [1.54, 1.807) is 14.0 Å². The summed E-state index contributed by atoms with van der Waals surface area (Å²) in [4.78, 5) is 0. The third kappa shape index (κ3) is 2.70. The van der Waals surface area contributed by atoms with Gasteiger partial charge in [-0.15, -0.1) is 0 Å². The Hall–Kier alpha value is -0.0900. The zero-order valence-electron chi connectivity index (χ0n) is 9.12. The molecule has 1 aliphatic carbocycles. The van der Waals surface area contributed by atoms with Crippen molar-refractivity contribution in [2.24, 2.45) is 0 Å². The zero-order valence-corrected chi connectivity index (χ0v) is 9.94. The highest BCUT2D eigenvalue weighted by molar-refractivity contribution is 7.92. The van der Waals surface area contributed by atoms with Crippen LogP contribution in [0.4, 0.5) is 0 Å². The fraction of sp³-hybridized carbons (Fsp3) is 1.00. The molecule has 0 aromatic heterocycles. The van der Waals surface area contributed by atoms with Gasteiger partial charge in [0.2, 0.25) is 0 Å². The molecule has 1 rings (SSSR count). The minimum Gasteiger partial charge on any atom is -0.318 e. The van der Waals surface area contributed by atoms with Gasteiger partial charge in [0.15, 0.2) is 9.84 Å². The van der Waals surface area contributed by atoms with Gasteiger partial charge in [0.1, 0.15) is 0 Å². The second-order valence-electron chi connectivity index (χ2n) is 4.22. The van der Waals surface area contributed by atoms with E-state index in [0.717, 1.165) is 25.7 Å². The molecular formula is C10H21NO2S. The van der Waals surface area contributed by atoms with Crippen LogP contribution in [0.3, 0.4) is 0 Å². The summed E-state index contributed by atoms with van der Waals surface area (Å²) in [6, 6.07) is 0. The maximum atomic E-state index is 12.0. The summed E-state index contributed by atoms with van der Waals surface area (Å²) in [5.74, 6) is 0. The van der Waals surface area contributed by atoms with Crippen molar-refractivity contribution in [1.29, 1.82) is 0 Å². The predicted octanol–water partition coefficient (Wildman–Crippen LogP) is 1.34. The van der Waals surface area contributed by atoms with Crippen LogP contribution in [0.1, 0.15) is 39.0 Å². The van der Waals surface area contributed by atoms with Gasteiger partial charge in [-0.25, -0.2) is 8.42 Å². The van der Waals surface area contributed by atoms with Gasteiger partial charge in [-0.1, -0.05) is 19.3 Å². The lowest BCUT2D eigenvalue weighted by Crippen LogP contribution is -2.37. The maximum Gasteiger partial charge on any atom is 0.156 e. The Balaban J connectivity index is 2.62. The first-order valence-electron chi connectivity index (χ1n) is 5.46. The zero-order chi connectivity index (χ0) is 10.6. The summed E-state index contributed by atoms with van der Waals surface area (Å²) in [6.45, 7) is 2.37. The highest BCUT2D eigenvalue weighted by atomic mass is 32.2. The summed E-state index contributed by atoms with van der Waals surface area (Å²) in [5.41, 5.74) is 0. The first-order valence-corrected chi connectivity index (χ1v) is 7.07. The Morgan fingerprint density at radius 1 is 1.29 bits per heavy atom. The van der Waals surface area contributed by atoms with E-state index in [1.807, 2.05) is 0 Å². The third-order valence-corrected chi connectivity index (χ3v) is 5.76. The van der Waals surface area contributed by atoms with Crippen LogP contribution in [-0.2, 0) is 9.84 Å². The van der Waals surface area contributed by atoms with Crippen LogP contribution in [0.25, 0.3) is 0 Å². The first-order chi connectivity index (χ1) is 6.59. The average molecular weight is 219 g/mol. The van der Waals surface area contributed by atoms with Gasteiger partial charge in [-0.2, -0.15) is 0 Å². The van der Waals surface area contributed by atoms with Crippen molar-refractivity contribution in [3.05, 3.63) is 0 Å². The summed E-state index contributed by atoms with van der Waals surface area (Å²) in [6.07, 6.45) is 5.10. The Morgan fingerprint density at radius 2 is 1.86 bits per heavy atom. The fourth-order valence-corrected chi connectivity index (χ4v) is 4.17. The molecule has 4 heteroatoms. The van der Waals surface area contributed by atoms with E-state index in [2.05, 4.69) is 5.32 Å². The Kier molecular flexibility index (Phi) is 4.38. The molecule has 0 saturated heterocycles. The Bertz CT molecular complexity index is 255. The number of hydrogen-bond acceptors (Lipinski definition) is 3. The first kappa shape index (κ1) is 12.0. The number of nitrogens with one attached hydrogen (secondary N) is 1. The molecule has 0 amide bonds. The summed E-state index contributed by atoms with van der Waals surface area (Å²) in [7, 11) is -1.09. The molecule has 1 N–H and O–H groups in total. The SMILES string of the molecule is CNCC(C)S(=O)(=O)C1CCCCC1. The number of rotatable bonds is 4. The normalized spacial score (nSPS) is 22.1. The maximum absolute atomic E-state index is 12.0. The molecule has 1 atom stereocenters. The second kappa shape index (κ2) is 5.12. The van der Waals surface area contributed by atoms with Crippen LogP contribution in [0, 0.1) is 0 Å². The predicted molar refractivity (Wildman–Crippen MR) is 59.2 cm³/mol. The molecule has 1 unspecified atom stereocenters. The lowest BCUT2D eigenvalue weighted by Gasteiger charge is -2.25. The largest absolute Gasteiger partial charge is 0.318 e. The van der Waals surface area contributed by atoms with Crippen molar-refractivity contribution >= 4 is 9.84 Å². The van der Waals surface area contributed by atoms with E-state index in [-0.39, 0.29) is 10.5 Å². The van der Waals surface area contributed by atoms with Crippen molar-refractivity contribution in [3.63, 3.8) is 0 Å². The summed E-state index contributed by atoms with van der Waals surface area (Å²) < 4.78 is 24.1. The average Bonchev–Trinajstić information content (AvgIpc) is 2.19. The van der Waals surface area contributed by atoms with Gasteiger partial charge in [0.05, 0.1) is 10.5 Å². The van der Waals surface area contributed by atoms with Crippen molar-refractivity contribution < 1.29 is 8.42 Å². The van der Waals surface area contributed by atoms with E-state index >= 15 is 0 Å². The standard InChI is InChI=1S/C10H21NO2S/c1-9(8-11-2)14(12,13)10-6-4-3-5-7-10/h9-11H,3-8H2,1-2H3. The molecule has 0 radical (unpaired) electrons. The van der Waals surface area contributed by atoms with Crippen molar-refractivity contribution in [3.8, 4) is 0 Å². The van der Waals surface area contributed by atoms with E-state index in [4.69, 9.17) is 0 Å². The van der Waals surface area contributed by atoms with Gasteiger partial charge in [0.25, 0.3) is 0 Å². The van der Waals surface area contributed by atoms with E-state index < -0.39 is 9.84 Å². The topological polar surface area (TPSA) is 46.2 Å². The smallest absolute Gasteiger partial charge is 0.156 e. The molecule has 0 aromatic carbocycles. The minimum absolute atomic E-state index is 0.0698. The van der Waals surface area contributed by atoms with Gasteiger partial charge >= 0.3 is 0 Å². The molecule has 0 spiro atoms. The van der Waals surface area contributed by atoms with Crippen LogP contribution < -0.4 is 5.32 Å². The summed E-state index contributed by atoms with van der Waals surface area (Å²) >= 11 is 0. The van der Waals surface area contributed by atoms with Gasteiger partial charge in [-0.05, 0) is 26.8 Å². The molecule has 0 aliphatic heterocycles. The van der Waals surface area contributed by atoms with Gasteiger partial charge < -0.3 is 5.32 Å². The highest BCUT2D eigenvalue weighted by Crippen LogP contribution is 2.26. The van der Waals surface area contributed by atoms with E-state index in [0.29, 0.717) is 6.54 Å². The molecule has 0 aromatic rings. The molecule has 1 fully saturated rings. The molecular weight excluding hydrogens is 198 g/mol. The van der Waals surface area contributed by atoms with Crippen LogP contribution in [0.15, 0.2) is 0 Å². The minimum atomic E-state index is -2.89. The molecule has 1 aliphatic rings. The fourth-order valence-electron chi connectivity index (χ4n) is 2.13. The van der Waals surface area contributed by atoms with Crippen LogP contribution in [0.2, 0.25) is 0 Å². The third-order valence-electron chi connectivity index (χ3n) is 3.07. The lowest BCUT2D eigenvalue weighted by atomic mass is 10.0. The van der Waals surface area contributed by atoms with Gasteiger partial charge in [0, 0.05) is 6.54 Å². The van der Waals surface area contributed by atoms with Crippen LogP contribution >= 0.6 is 0 Å². The molecule has 1 saturated carbocycles. The second-order valence-corrected chi connectivity index (χ2v) is 6.87. The lowest BCUT2D eigenvalue weighted by molar-refractivity contribution is 0.477. The van der Waals surface area contributed by atoms with Crippen molar-refractivity contribution in [2.45, 2.75) is 49.5 Å². The molecule has 0 heterocycles. The van der Waals surface area contributed by atoms with E-state index in [1.165, 1.54) is 6.42 Å². The quantitative estimate of drug-likeness (QED) is 0.776. The van der Waals surface area contributed by atoms with Crippen LogP contribution in [0.5, 0.6) is 0 Å². The molecule has 0 bridgehead atoms. The van der Waals surface area contributed by atoms with Crippen molar-refractivity contribution in [1.82, 2.24) is 5.32 Å². The number of sulfone groups is 1. The highest BCUT2D eigenvalue weighted by Gasteiger charge is 2.31. The Labute approximate surface area is 87.2 Å². The monoisotopic (exact) mass is 219 g/mol. The van der Waals surface area contributed by atoms with Gasteiger partial charge in [-0.3, -0.25) is 0 Å². The molecule has 14 heavy (non-hydrogen) atoms. The Morgan fingerprint density at radius 3 is 2.36 bits per heavy atom. The summed E-state index contributed by atoms with van der Waals surface area (Å²) in [5, 5.41) is 2.62. The van der Waals surface area contributed by atoms with Crippen LogP contribution in [-0.4, -0.2) is 32.5 Å². The van der Waals surface area contributed by atoms with Crippen molar-refractivity contribution in [2.75, 3.05) is 13.6 Å². The van der Waals surface area contributed by atoms with E-state index in [9.17, 15) is 8.42 Å². The molecule has 84 valence electrons. The molecule has 3 nitrogen and oxygen atoms in total.